The molecule has 1 saturated carbocycles. The largest absolute Gasteiger partial charge is 0.478 e. The van der Waals surface area contributed by atoms with Crippen molar-refractivity contribution in [1.29, 1.82) is 0 Å². The zero-order valence-electron chi connectivity index (χ0n) is 7.49. The Kier molecular flexibility index (Phi) is 3.32. The maximum atomic E-state index is 10.2. The van der Waals surface area contributed by atoms with Crippen molar-refractivity contribution in [3.8, 4) is 0 Å². The predicted octanol–water partition coefficient (Wildman–Crippen LogP) is 2.45. The summed E-state index contributed by atoms with van der Waals surface area (Å²) in [7, 11) is 0. The quantitative estimate of drug-likeness (QED) is 0.643. The summed E-state index contributed by atoms with van der Waals surface area (Å²) in [4.78, 5) is 10.2. The molecule has 12 heavy (non-hydrogen) atoms. The van der Waals surface area contributed by atoms with E-state index in [0.29, 0.717) is 5.92 Å². The average Bonchev–Trinajstić information content (AvgIpc) is 2.01. The maximum absolute atomic E-state index is 10.2. The van der Waals surface area contributed by atoms with Crippen LogP contribution >= 0.6 is 0 Å². The number of aliphatic carboxylic acids is 1. The molecule has 1 aliphatic carbocycles. The van der Waals surface area contributed by atoms with Crippen LogP contribution in [0.5, 0.6) is 0 Å². The average molecular weight is 168 g/mol. The molecule has 68 valence electrons. The third kappa shape index (κ3) is 3.07. The molecular formula is C10H16O2. The Hall–Kier alpha value is -0.790. The number of carboxylic acid groups (broad SMARTS) is 1. The standard InChI is InChI=1S/C10H16O2/c1-8-3-2-4-9(7-8)5-6-10(11)12/h5-6,8-9H,2-4,7H2,1H3,(H,11,12). The summed E-state index contributed by atoms with van der Waals surface area (Å²) in [5.41, 5.74) is 0. The lowest BCUT2D eigenvalue weighted by molar-refractivity contribution is -0.131. The van der Waals surface area contributed by atoms with Crippen LogP contribution in [-0.2, 0) is 4.79 Å². The fourth-order valence-electron chi connectivity index (χ4n) is 1.87. The minimum absolute atomic E-state index is 0.504. The Bertz CT molecular complexity index is 184. The van der Waals surface area contributed by atoms with Gasteiger partial charge in [0, 0.05) is 6.08 Å². The highest BCUT2D eigenvalue weighted by Crippen LogP contribution is 2.29. The lowest BCUT2D eigenvalue weighted by Crippen LogP contribution is -2.11. The van der Waals surface area contributed by atoms with Crippen molar-refractivity contribution < 1.29 is 9.90 Å². The first kappa shape index (κ1) is 9.30. The molecule has 0 aromatic heterocycles. The summed E-state index contributed by atoms with van der Waals surface area (Å²) >= 11 is 0. The molecule has 1 aliphatic rings. The van der Waals surface area contributed by atoms with E-state index in [2.05, 4.69) is 6.92 Å². The molecule has 0 heterocycles. The zero-order valence-corrected chi connectivity index (χ0v) is 7.49. The summed E-state index contributed by atoms with van der Waals surface area (Å²) < 4.78 is 0. The van der Waals surface area contributed by atoms with E-state index in [0.717, 1.165) is 18.8 Å². The first-order valence-electron chi connectivity index (χ1n) is 4.59. The molecule has 0 aromatic rings. The van der Waals surface area contributed by atoms with Gasteiger partial charge in [0.05, 0.1) is 0 Å². The lowest BCUT2D eigenvalue weighted by atomic mass is 9.82. The second kappa shape index (κ2) is 4.29. The van der Waals surface area contributed by atoms with Gasteiger partial charge in [-0.25, -0.2) is 4.79 Å². The van der Waals surface area contributed by atoms with E-state index >= 15 is 0 Å². The summed E-state index contributed by atoms with van der Waals surface area (Å²) in [6.07, 6.45) is 7.99. The van der Waals surface area contributed by atoms with Crippen molar-refractivity contribution in [1.82, 2.24) is 0 Å². The Morgan fingerprint density at radius 2 is 2.25 bits per heavy atom. The molecule has 0 radical (unpaired) electrons. The molecule has 1 fully saturated rings. The van der Waals surface area contributed by atoms with Gasteiger partial charge in [-0.05, 0) is 24.7 Å². The Morgan fingerprint density at radius 1 is 1.50 bits per heavy atom. The number of carbonyl (C=O) groups is 1. The molecule has 0 aromatic carbocycles. The van der Waals surface area contributed by atoms with Crippen LogP contribution in [0.1, 0.15) is 32.6 Å². The molecule has 2 nitrogen and oxygen atoms in total. The van der Waals surface area contributed by atoms with Gasteiger partial charge in [-0.2, -0.15) is 0 Å². The van der Waals surface area contributed by atoms with Crippen molar-refractivity contribution in [2.24, 2.45) is 11.8 Å². The van der Waals surface area contributed by atoms with Crippen LogP contribution in [0.15, 0.2) is 12.2 Å². The van der Waals surface area contributed by atoms with Crippen LogP contribution in [0.2, 0.25) is 0 Å². The Morgan fingerprint density at radius 3 is 2.83 bits per heavy atom. The van der Waals surface area contributed by atoms with E-state index in [1.165, 1.54) is 18.9 Å². The lowest BCUT2D eigenvalue weighted by Gasteiger charge is -2.23. The van der Waals surface area contributed by atoms with Crippen molar-refractivity contribution in [2.75, 3.05) is 0 Å². The highest BCUT2D eigenvalue weighted by molar-refractivity contribution is 5.79. The SMILES string of the molecule is CC1CCCC(C=CC(=O)O)C1. The van der Waals surface area contributed by atoms with Crippen LogP contribution in [0.4, 0.5) is 0 Å². The summed E-state index contributed by atoms with van der Waals surface area (Å²) in [5, 5.41) is 8.42. The topological polar surface area (TPSA) is 37.3 Å². The summed E-state index contributed by atoms with van der Waals surface area (Å²) in [6, 6.07) is 0. The molecule has 0 amide bonds. The van der Waals surface area contributed by atoms with Gasteiger partial charge in [-0.3, -0.25) is 0 Å². The monoisotopic (exact) mass is 168 g/mol. The van der Waals surface area contributed by atoms with Gasteiger partial charge in [-0.15, -0.1) is 0 Å². The number of carboxylic acids is 1. The van der Waals surface area contributed by atoms with Crippen LogP contribution in [0.25, 0.3) is 0 Å². The van der Waals surface area contributed by atoms with Gasteiger partial charge < -0.3 is 5.11 Å². The smallest absolute Gasteiger partial charge is 0.327 e. The molecule has 2 unspecified atom stereocenters. The maximum Gasteiger partial charge on any atom is 0.327 e. The fraction of sp³-hybridized carbons (Fsp3) is 0.700. The normalized spacial score (nSPS) is 30.8. The highest BCUT2D eigenvalue weighted by Gasteiger charge is 2.16. The number of rotatable bonds is 2. The molecule has 2 atom stereocenters. The van der Waals surface area contributed by atoms with Crippen LogP contribution in [0, 0.1) is 11.8 Å². The van der Waals surface area contributed by atoms with Gasteiger partial charge in [0.2, 0.25) is 0 Å². The first-order valence-corrected chi connectivity index (χ1v) is 4.59. The molecule has 2 heteroatoms. The van der Waals surface area contributed by atoms with Crippen LogP contribution < -0.4 is 0 Å². The minimum atomic E-state index is -0.826. The first-order chi connectivity index (χ1) is 5.68. The number of hydrogen-bond acceptors (Lipinski definition) is 1. The molecular weight excluding hydrogens is 152 g/mol. The van der Waals surface area contributed by atoms with Gasteiger partial charge in [0.15, 0.2) is 0 Å². The van der Waals surface area contributed by atoms with Crippen molar-refractivity contribution in [2.45, 2.75) is 32.6 Å². The predicted molar refractivity (Wildman–Crippen MR) is 47.9 cm³/mol. The number of hydrogen-bond donors (Lipinski definition) is 1. The molecule has 1 rings (SSSR count). The van der Waals surface area contributed by atoms with Crippen LogP contribution in [0.3, 0.4) is 0 Å². The Balaban J connectivity index is 2.36. The van der Waals surface area contributed by atoms with E-state index in [4.69, 9.17) is 5.11 Å². The van der Waals surface area contributed by atoms with E-state index in [1.54, 1.807) is 0 Å². The highest BCUT2D eigenvalue weighted by atomic mass is 16.4. The van der Waals surface area contributed by atoms with E-state index in [-0.39, 0.29) is 0 Å². The minimum Gasteiger partial charge on any atom is -0.478 e. The van der Waals surface area contributed by atoms with Crippen molar-refractivity contribution in [3.05, 3.63) is 12.2 Å². The van der Waals surface area contributed by atoms with E-state index < -0.39 is 5.97 Å². The van der Waals surface area contributed by atoms with Gasteiger partial charge in [-0.1, -0.05) is 25.8 Å². The number of allylic oxidation sites excluding steroid dienone is 1. The zero-order chi connectivity index (χ0) is 8.97. The fourth-order valence-corrected chi connectivity index (χ4v) is 1.87. The van der Waals surface area contributed by atoms with Crippen molar-refractivity contribution in [3.63, 3.8) is 0 Å². The third-order valence-electron chi connectivity index (χ3n) is 2.49. The second-order valence-corrected chi connectivity index (χ2v) is 3.73. The van der Waals surface area contributed by atoms with E-state index in [1.807, 2.05) is 6.08 Å². The molecule has 0 saturated heterocycles. The van der Waals surface area contributed by atoms with Gasteiger partial charge in [0.1, 0.15) is 0 Å². The molecule has 0 aliphatic heterocycles. The molecule has 0 spiro atoms. The third-order valence-corrected chi connectivity index (χ3v) is 2.49. The van der Waals surface area contributed by atoms with Crippen molar-refractivity contribution >= 4 is 5.97 Å². The van der Waals surface area contributed by atoms with Crippen LogP contribution in [-0.4, -0.2) is 11.1 Å². The molecule has 0 bridgehead atoms. The summed E-state index contributed by atoms with van der Waals surface area (Å²) in [5.74, 6) is 0.445. The Labute approximate surface area is 73.3 Å². The molecule has 1 N–H and O–H groups in total. The van der Waals surface area contributed by atoms with Gasteiger partial charge in [0.25, 0.3) is 0 Å². The van der Waals surface area contributed by atoms with Gasteiger partial charge >= 0.3 is 5.97 Å². The second-order valence-electron chi connectivity index (χ2n) is 3.73. The van der Waals surface area contributed by atoms with E-state index in [9.17, 15) is 4.79 Å². The summed E-state index contributed by atoms with van der Waals surface area (Å²) in [6.45, 7) is 2.24.